The van der Waals surface area contributed by atoms with E-state index in [1.165, 1.54) is 6.07 Å². The molecular weight excluding hydrogens is 279 g/mol. The van der Waals surface area contributed by atoms with Crippen LogP contribution in [0, 0.1) is 5.82 Å². The zero-order valence-electron chi connectivity index (χ0n) is 12.4. The topological polar surface area (TPSA) is 38.5 Å². The first kappa shape index (κ1) is 17.4. The summed E-state index contributed by atoms with van der Waals surface area (Å²) in [6, 6.07) is 4.77. The molecule has 2 atom stereocenters. The molecule has 0 aromatic heterocycles. The van der Waals surface area contributed by atoms with E-state index in [0.717, 1.165) is 6.42 Å². The van der Waals surface area contributed by atoms with E-state index in [4.69, 9.17) is 22.1 Å². The number of methoxy groups -OCH3 is 1. The fraction of sp³-hybridized carbons (Fsp3) is 0.600. The smallest absolute Gasteiger partial charge is 0.129 e. The van der Waals surface area contributed by atoms with Gasteiger partial charge in [-0.3, -0.25) is 4.90 Å². The SMILES string of the molecule is CCC(C)N(CCOC)C(CN)c1c(F)cccc1Cl. The lowest BCUT2D eigenvalue weighted by molar-refractivity contribution is 0.0889. The van der Waals surface area contributed by atoms with Crippen LogP contribution in [0.4, 0.5) is 4.39 Å². The minimum atomic E-state index is -0.307. The second-order valence-corrected chi connectivity index (χ2v) is 5.28. The molecule has 2 unspecified atom stereocenters. The van der Waals surface area contributed by atoms with E-state index in [1.54, 1.807) is 19.2 Å². The third kappa shape index (κ3) is 4.16. The Morgan fingerprint density at radius 2 is 2.15 bits per heavy atom. The molecule has 2 N–H and O–H groups in total. The summed E-state index contributed by atoms with van der Waals surface area (Å²) >= 11 is 6.18. The van der Waals surface area contributed by atoms with Crippen molar-refractivity contribution >= 4 is 11.6 Å². The Bertz CT molecular complexity index is 397. The van der Waals surface area contributed by atoms with E-state index < -0.39 is 0 Å². The van der Waals surface area contributed by atoms with Gasteiger partial charge in [-0.2, -0.15) is 0 Å². The van der Waals surface area contributed by atoms with Gasteiger partial charge in [0.2, 0.25) is 0 Å². The van der Waals surface area contributed by atoms with Crippen LogP contribution in [0.15, 0.2) is 18.2 Å². The average Bonchev–Trinajstić information content (AvgIpc) is 2.44. The van der Waals surface area contributed by atoms with Gasteiger partial charge in [-0.05, 0) is 25.5 Å². The van der Waals surface area contributed by atoms with Crippen molar-refractivity contribution in [2.75, 3.05) is 26.8 Å². The monoisotopic (exact) mass is 302 g/mol. The van der Waals surface area contributed by atoms with Crippen LogP contribution in [-0.2, 0) is 4.74 Å². The predicted molar refractivity (Wildman–Crippen MR) is 81.5 cm³/mol. The van der Waals surface area contributed by atoms with Gasteiger partial charge in [-0.25, -0.2) is 4.39 Å². The average molecular weight is 303 g/mol. The van der Waals surface area contributed by atoms with Crippen molar-refractivity contribution in [2.24, 2.45) is 5.73 Å². The molecule has 0 amide bonds. The summed E-state index contributed by atoms with van der Waals surface area (Å²) in [5.74, 6) is -0.307. The molecule has 0 aliphatic rings. The molecule has 0 aliphatic heterocycles. The van der Waals surface area contributed by atoms with Gasteiger partial charge < -0.3 is 10.5 Å². The number of ether oxygens (including phenoxy) is 1. The quantitative estimate of drug-likeness (QED) is 0.801. The summed E-state index contributed by atoms with van der Waals surface area (Å²) < 4.78 is 19.3. The molecule has 5 heteroatoms. The highest BCUT2D eigenvalue weighted by Gasteiger charge is 2.27. The van der Waals surface area contributed by atoms with Crippen molar-refractivity contribution in [2.45, 2.75) is 32.4 Å². The number of rotatable bonds is 8. The number of nitrogens with two attached hydrogens (primary N) is 1. The van der Waals surface area contributed by atoms with Crippen molar-refractivity contribution < 1.29 is 9.13 Å². The fourth-order valence-corrected chi connectivity index (χ4v) is 2.65. The molecule has 0 radical (unpaired) electrons. The van der Waals surface area contributed by atoms with E-state index in [9.17, 15) is 4.39 Å². The van der Waals surface area contributed by atoms with Crippen LogP contribution in [-0.4, -0.2) is 37.7 Å². The highest BCUT2D eigenvalue weighted by atomic mass is 35.5. The maximum atomic E-state index is 14.1. The van der Waals surface area contributed by atoms with Crippen molar-refractivity contribution in [3.8, 4) is 0 Å². The summed E-state index contributed by atoms with van der Waals surface area (Å²) in [7, 11) is 1.66. The normalized spacial score (nSPS) is 14.6. The number of benzene rings is 1. The molecule has 0 heterocycles. The van der Waals surface area contributed by atoms with Gasteiger partial charge in [0.05, 0.1) is 12.6 Å². The molecule has 0 spiro atoms. The number of hydrogen-bond acceptors (Lipinski definition) is 3. The molecule has 1 aromatic rings. The predicted octanol–water partition coefficient (Wildman–Crippen LogP) is 3.23. The van der Waals surface area contributed by atoms with Crippen LogP contribution in [0.2, 0.25) is 5.02 Å². The Labute approximate surface area is 125 Å². The minimum Gasteiger partial charge on any atom is -0.383 e. The first-order chi connectivity index (χ1) is 9.56. The van der Waals surface area contributed by atoms with Crippen LogP contribution < -0.4 is 5.73 Å². The molecular formula is C15H24ClFN2O. The molecule has 114 valence electrons. The van der Waals surface area contributed by atoms with Gasteiger partial charge >= 0.3 is 0 Å². The van der Waals surface area contributed by atoms with Gasteiger partial charge in [0.25, 0.3) is 0 Å². The molecule has 0 fully saturated rings. The highest BCUT2D eigenvalue weighted by molar-refractivity contribution is 6.31. The van der Waals surface area contributed by atoms with E-state index in [0.29, 0.717) is 30.3 Å². The minimum absolute atomic E-state index is 0.242. The molecule has 0 saturated carbocycles. The third-order valence-electron chi connectivity index (χ3n) is 3.67. The zero-order chi connectivity index (χ0) is 15.1. The van der Waals surface area contributed by atoms with E-state index in [2.05, 4.69) is 18.7 Å². The number of halogens is 2. The molecule has 20 heavy (non-hydrogen) atoms. The van der Waals surface area contributed by atoms with E-state index in [-0.39, 0.29) is 17.9 Å². The Morgan fingerprint density at radius 1 is 1.45 bits per heavy atom. The second-order valence-electron chi connectivity index (χ2n) is 4.87. The Hall–Kier alpha value is -0.680. The van der Waals surface area contributed by atoms with Crippen molar-refractivity contribution in [1.82, 2.24) is 4.90 Å². The molecule has 0 aliphatic carbocycles. The van der Waals surface area contributed by atoms with Gasteiger partial charge in [-0.15, -0.1) is 0 Å². The Balaban J connectivity index is 3.11. The molecule has 1 aromatic carbocycles. The first-order valence-electron chi connectivity index (χ1n) is 6.95. The highest BCUT2D eigenvalue weighted by Crippen LogP contribution is 2.31. The maximum absolute atomic E-state index is 14.1. The van der Waals surface area contributed by atoms with Gasteiger partial charge in [0.1, 0.15) is 5.82 Å². The van der Waals surface area contributed by atoms with Gasteiger partial charge in [0, 0.05) is 36.8 Å². The van der Waals surface area contributed by atoms with Gasteiger partial charge in [-0.1, -0.05) is 24.6 Å². The summed E-state index contributed by atoms with van der Waals surface area (Å²) in [4.78, 5) is 2.16. The number of nitrogens with zero attached hydrogens (tertiary/aromatic N) is 1. The Morgan fingerprint density at radius 3 is 2.65 bits per heavy atom. The van der Waals surface area contributed by atoms with E-state index in [1.807, 2.05) is 0 Å². The molecule has 3 nitrogen and oxygen atoms in total. The van der Waals surface area contributed by atoms with Gasteiger partial charge in [0.15, 0.2) is 0 Å². The summed E-state index contributed by atoms with van der Waals surface area (Å²) in [6.07, 6.45) is 0.951. The van der Waals surface area contributed by atoms with Crippen molar-refractivity contribution in [3.05, 3.63) is 34.6 Å². The fourth-order valence-electron chi connectivity index (χ4n) is 2.36. The lowest BCUT2D eigenvalue weighted by Gasteiger charge is -2.36. The van der Waals surface area contributed by atoms with Crippen LogP contribution in [0.5, 0.6) is 0 Å². The lowest BCUT2D eigenvalue weighted by atomic mass is 10.0. The molecule has 1 rings (SSSR count). The molecule has 0 bridgehead atoms. The van der Waals surface area contributed by atoms with Crippen LogP contribution >= 0.6 is 11.6 Å². The largest absolute Gasteiger partial charge is 0.383 e. The second kappa shape index (κ2) is 8.57. The van der Waals surface area contributed by atoms with Crippen LogP contribution in [0.25, 0.3) is 0 Å². The zero-order valence-corrected chi connectivity index (χ0v) is 13.2. The van der Waals surface area contributed by atoms with E-state index >= 15 is 0 Å². The number of hydrogen-bond donors (Lipinski definition) is 1. The summed E-state index contributed by atoms with van der Waals surface area (Å²) in [6.45, 7) is 5.79. The van der Waals surface area contributed by atoms with Crippen LogP contribution in [0.3, 0.4) is 0 Å². The van der Waals surface area contributed by atoms with Crippen LogP contribution in [0.1, 0.15) is 31.9 Å². The third-order valence-corrected chi connectivity index (χ3v) is 4.00. The lowest BCUT2D eigenvalue weighted by Crippen LogP contribution is -2.42. The molecule has 0 saturated heterocycles. The Kier molecular flexibility index (Phi) is 7.45. The van der Waals surface area contributed by atoms with Crippen molar-refractivity contribution in [3.63, 3.8) is 0 Å². The summed E-state index contributed by atoms with van der Waals surface area (Å²) in [5.41, 5.74) is 6.38. The first-order valence-corrected chi connectivity index (χ1v) is 7.33. The standard InChI is InChI=1S/C15H24ClFN2O/c1-4-11(2)19(8-9-20-3)14(10-18)15-12(16)6-5-7-13(15)17/h5-7,11,14H,4,8-10,18H2,1-3H3. The maximum Gasteiger partial charge on any atom is 0.129 e. The van der Waals surface area contributed by atoms with Crippen molar-refractivity contribution in [1.29, 1.82) is 0 Å². The summed E-state index contributed by atoms with van der Waals surface area (Å²) in [5, 5.41) is 0.422.